The van der Waals surface area contributed by atoms with Crippen LogP contribution in [-0.4, -0.2) is 5.97 Å². The van der Waals surface area contributed by atoms with Crippen molar-refractivity contribution in [2.45, 2.75) is 33.1 Å². The van der Waals surface area contributed by atoms with E-state index in [0.717, 1.165) is 18.4 Å². The zero-order chi connectivity index (χ0) is 12.0. The monoisotopic (exact) mass is 218 g/mol. The quantitative estimate of drug-likeness (QED) is 0.428. The Balaban J connectivity index is 2.54. The predicted molar refractivity (Wildman–Crippen MR) is 65.5 cm³/mol. The van der Waals surface area contributed by atoms with Crippen molar-refractivity contribution in [3.63, 3.8) is 0 Å². The number of ether oxygens (including phenoxy) is 1. The van der Waals surface area contributed by atoms with Gasteiger partial charge < -0.3 is 4.74 Å². The fourth-order valence-corrected chi connectivity index (χ4v) is 1.35. The van der Waals surface area contributed by atoms with Crippen LogP contribution in [0.15, 0.2) is 36.4 Å². The second kappa shape index (κ2) is 6.11. The molecule has 2 heteroatoms. The van der Waals surface area contributed by atoms with Gasteiger partial charge in [0.2, 0.25) is 0 Å². The first-order valence-electron chi connectivity index (χ1n) is 5.60. The summed E-state index contributed by atoms with van der Waals surface area (Å²) in [6, 6.07) is 7.44. The topological polar surface area (TPSA) is 26.3 Å². The number of benzene rings is 1. The molecule has 0 radical (unpaired) electrons. The lowest BCUT2D eigenvalue weighted by Gasteiger charge is -2.06. The van der Waals surface area contributed by atoms with Crippen molar-refractivity contribution >= 4 is 5.97 Å². The number of carbonyl (C=O) groups excluding carboxylic acids is 1. The minimum atomic E-state index is -0.320. The van der Waals surface area contributed by atoms with Crippen LogP contribution in [0, 0.1) is 6.92 Å². The van der Waals surface area contributed by atoms with Crippen LogP contribution < -0.4 is 4.74 Å². The van der Waals surface area contributed by atoms with E-state index < -0.39 is 0 Å². The van der Waals surface area contributed by atoms with Gasteiger partial charge in [0.1, 0.15) is 5.75 Å². The van der Waals surface area contributed by atoms with Crippen molar-refractivity contribution in [2.24, 2.45) is 0 Å². The van der Waals surface area contributed by atoms with Crippen molar-refractivity contribution in [1.29, 1.82) is 0 Å². The summed E-state index contributed by atoms with van der Waals surface area (Å²) < 4.78 is 5.22. The third-order valence-electron chi connectivity index (χ3n) is 2.32. The van der Waals surface area contributed by atoms with Gasteiger partial charge >= 0.3 is 5.97 Å². The molecular formula is C14H18O2. The van der Waals surface area contributed by atoms with Crippen LogP contribution in [0.25, 0.3) is 0 Å². The molecule has 16 heavy (non-hydrogen) atoms. The maximum absolute atomic E-state index is 11.6. The molecule has 0 spiro atoms. The Morgan fingerprint density at radius 3 is 2.81 bits per heavy atom. The van der Waals surface area contributed by atoms with Crippen molar-refractivity contribution in [3.8, 4) is 5.75 Å². The first-order valence-corrected chi connectivity index (χ1v) is 5.60. The van der Waals surface area contributed by atoms with Gasteiger partial charge in [-0.25, -0.2) is 4.79 Å². The number of unbranched alkanes of at least 4 members (excludes halogenated alkanes) is 1. The average molecular weight is 218 g/mol. The second-order valence-corrected chi connectivity index (χ2v) is 3.91. The van der Waals surface area contributed by atoms with Crippen LogP contribution in [0.1, 0.15) is 31.7 Å². The number of carbonyl (C=O) groups is 1. The lowest BCUT2D eigenvalue weighted by atomic mass is 10.1. The molecule has 0 bridgehead atoms. The highest BCUT2D eigenvalue weighted by molar-refractivity contribution is 5.89. The van der Waals surface area contributed by atoms with Gasteiger partial charge in [-0.3, -0.25) is 0 Å². The minimum absolute atomic E-state index is 0.320. The van der Waals surface area contributed by atoms with Gasteiger partial charge in [0.15, 0.2) is 0 Å². The second-order valence-electron chi connectivity index (χ2n) is 3.91. The van der Waals surface area contributed by atoms with E-state index in [1.807, 2.05) is 25.1 Å². The molecule has 0 aliphatic carbocycles. The van der Waals surface area contributed by atoms with E-state index in [1.165, 1.54) is 0 Å². The van der Waals surface area contributed by atoms with Crippen LogP contribution in [0.5, 0.6) is 5.75 Å². The predicted octanol–water partition coefficient (Wildman–Crippen LogP) is 3.65. The molecule has 1 aromatic rings. The molecule has 0 aromatic heterocycles. The normalized spacial score (nSPS) is 9.88. The number of hydrogen-bond donors (Lipinski definition) is 0. The Bertz CT molecular complexity index is 380. The highest BCUT2D eigenvalue weighted by atomic mass is 16.5. The zero-order valence-electron chi connectivity index (χ0n) is 9.95. The van der Waals surface area contributed by atoms with Gasteiger partial charge in [-0.15, -0.1) is 0 Å². The molecule has 0 aliphatic heterocycles. The molecule has 0 aliphatic rings. The molecule has 0 fully saturated rings. The van der Waals surface area contributed by atoms with Gasteiger partial charge in [-0.2, -0.15) is 0 Å². The minimum Gasteiger partial charge on any atom is -0.423 e. The van der Waals surface area contributed by atoms with Gasteiger partial charge in [0, 0.05) is 5.57 Å². The lowest BCUT2D eigenvalue weighted by Crippen LogP contribution is -2.10. The van der Waals surface area contributed by atoms with Crippen LogP contribution in [0.3, 0.4) is 0 Å². The van der Waals surface area contributed by atoms with Gasteiger partial charge in [0.25, 0.3) is 0 Å². The molecule has 2 nitrogen and oxygen atoms in total. The summed E-state index contributed by atoms with van der Waals surface area (Å²) in [6.45, 7) is 7.78. The van der Waals surface area contributed by atoms with Gasteiger partial charge in [-0.05, 0) is 37.5 Å². The fraction of sp³-hybridized carbons (Fsp3) is 0.357. The summed E-state index contributed by atoms with van der Waals surface area (Å²) >= 11 is 0. The Hall–Kier alpha value is -1.57. The fourth-order valence-electron chi connectivity index (χ4n) is 1.35. The van der Waals surface area contributed by atoms with Gasteiger partial charge in [0.05, 0.1) is 0 Å². The molecule has 0 saturated carbocycles. The number of hydrogen-bond acceptors (Lipinski definition) is 2. The third-order valence-corrected chi connectivity index (χ3v) is 2.32. The van der Waals surface area contributed by atoms with Gasteiger partial charge in [-0.1, -0.05) is 32.1 Å². The maximum Gasteiger partial charge on any atom is 0.338 e. The zero-order valence-corrected chi connectivity index (χ0v) is 9.95. The molecule has 0 amide bonds. The van der Waals surface area contributed by atoms with Crippen molar-refractivity contribution in [2.75, 3.05) is 0 Å². The van der Waals surface area contributed by atoms with E-state index in [-0.39, 0.29) is 5.97 Å². The van der Waals surface area contributed by atoms with E-state index in [4.69, 9.17) is 4.74 Å². The number of esters is 1. The van der Waals surface area contributed by atoms with Crippen molar-refractivity contribution in [3.05, 3.63) is 42.0 Å². The van der Waals surface area contributed by atoms with E-state index >= 15 is 0 Å². The Morgan fingerprint density at radius 2 is 2.19 bits per heavy atom. The molecule has 0 atom stereocenters. The first kappa shape index (κ1) is 12.5. The molecule has 1 aromatic carbocycles. The largest absolute Gasteiger partial charge is 0.423 e. The van der Waals surface area contributed by atoms with E-state index in [2.05, 4.69) is 13.5 Å². The summed E-state index contributed by atoms with van der Waals surface area (Å²) in [7, 11) is 0. The summed E-state index contributed by atoms with van der Waals surface area (Å²) in [5, 5.41) is 0. The maximum atomic E-state index is 11.6. The average Bonchev–Trinajstić information content (AvgIpc) is 2.25. The van der Waals surface area contributed by atoms with E-state index in [9.17, 15) is 4.79 Å². The smallest absolute Gasteiger partial charge is 0.338 e. The number of rotatable bonds is 5. The standard InChI is InChI=1S/C14H18O2/c1-4-5-8-12(3)14(15)16-13-9-6-7-11(2)10-13/h6-7,9-10H,3-5,8H2,1-2H3. The van der Waals surface area contributed by atoms with E-state index in [1.54, 1.807) is 6.07 Å². The van der Waals surface area contributed by atoms with Crippen LogP contribution in [-0.2, 0) is 4.79 Å². The first-order chi connectivity index (χ1) is 7.63. The number of aryl methyl sites for hydroxylation is 1. The highest BCUT2D eigenvalue weighted by Crippen LogP contribution is 2.15. The Kier molecular flexibility index (Phi) is 4.77. The molecule has 0 unspecified atom stereocenters. The molecule has 0 saturated heterocycles. The van der Waals surface area contributed by atoms with Crippen LogP contribution in [0.2, 0.25) is 0 Å². The Morgan fingerprint density at radius 1 is 1.44 bits per heavy atom. The molecule has 0 N–H and O–H groups in total. The third kappa shape index (κ3) is 3.89. The summed E-state index contributed by atoms with van der Waals surface area (Å²) in [5.41, 5.74) is 1.62. The molecular weight excluding hydrogens is 200 g/mol. The van der Waals surface area contributed by atoms with Crippen LogP contribution in [0.4, 0.5) is 0 Å². The van der Waals surface area contributed by atoms with Crippen molar-refractivity contribution in [1.82, 2.24) is 0 Å². The van der Waals surface area contributed by atoms with Crippen molar-refractivity contribution < 1.29 is 9.53 Å². The molecule has 0 heterocycles. The van der Waals surface area contributed by atoms with E-state index in [0.29, 0.717) is 17.7 Å². The summed E-state index contributed by atoms with van der Waals surface area (Å²) in [5.74, 6) is 0.265. The molecule has 1 rings (SSSR count). The summed E-state index contributed by atoms with van der Waals surface area (Å²) in [4.78, 5) is 11.6. The lowest BCUT2D eigenvalue weighted by molar-refractivity contribution is -0.130. The SMILES string of the molecule is C=C(CCCC)C(=O)Oc1cccc(C)c1. The van der Waals surface area contributed by atoms with Crippen LogP contribution >= 0.6 is 0 Å². The summed E-state index contributed by atoms with van der Waals surface area (Å²) in [6.07, 6.45) is 2.74. The molecule has 86 valence electrons. The Labute approximate surface area is 96.9 Å². The highest BCUT2D eigenvalue weighted by Gasteiger charge is 2.08.